The minimum atomic E-state index is -1.50. The molecular formula is H11EuNO8. The van der Waals surface area contributed by atoms with E-state index >= 15 is 0 Å². The van der Waals surface area contributed by atoms with Gasteiger partial charge in [0.25, 0.3) is 5.09 Å². The maximum Gasteiger partial charge on any atom is 0.291 e. The fourth-order valence-electron chi connectivity index (χ4n) is 0. The van der Waals surface area contributed by atoms with Crippen molar-refractivity contribution in [2.45, 2.75) is 0 Å². The van der Waals surface area contributed by atoms with Gasteiger partial charge in [-0.25, -0.2) is 0 Å². The molecule has 10 heavy (non-hydrogen) atoms. The first-order chi connectivity index (χ1) is 1.73. The van der Waals surface area contributed by atoms with E-state index in [1.807, 2.05) is 0 Å². The monoisotopic (exact) mass is 306 g/mol. The van der Waals surface area contributed by atoms with E-state index in [0.717, 1.165) is 0 Å². The molecule has 0 aliphatic carbocycles. The van der Waals surface area contributed by atoms with Gasteiger partial charge in [-0.1, -0.05) is 0 Å². The van der Waals surface area contributed by atoms with Crippen LogP contribution in [0.5, 0.6) is 0 Å². The fourth-order valence-corrected chi connectivity index (χ4v) is 0. The van der Waals surface area contributed by atoms with Crippen LogP contribution in [0.3, 0.4) is 0 Å². The average molecular weight is 305 g/mol. The molecule has 0 aromatic carbocycles. The summed E-state index contributed by atoms with van der Waals surface area (Å²) in [5.74, 6) is 0. The summed E-state index contributed by atoms with van der Waals surface area (Å²) in [4.78, 5) is 8.36. The van der Waals surface area contributed by atoms with Crippen molar-refractivity contribution in [1.29, 1.82) is 0 Å². The molecule has 0 fully saturated rings. The predicted molar refractivity (Wildman–Crippen MR) is 26.8 cm³/mol. The maximum atomic E-state index is 8.36. The first-order valence-corrected chi connectivity index (χ1v) is 0.565. The van der Waals surface area contributed by atoms with Crippen LogP contribution in [0.15, 0.2) is 0 Å². The van der Waals surface area contributed by atoms with Crippen LogP contribution in [0, 0.1) is 59.5 Å². The average Bonchev–Trinajstić information content (AvgIpc) is 0.811. The molecule has 1 radical (unpaired) electrons. The molecule has 0 aliphatic heterocycles. The van der Waals surface area contributed by atoms with Crippen LogP contribution in [0.1, 0.15) is 0 Å². The van der Waals surface area contributed by atoms with E-state index in [9.17, 15) is 0 Å². The van der Waals surface area contributed by atoms with Crippen LogP contribution in [-0.2, 0) is 0 Å². The Kier molecular flexibility index (Phi) is 416. The van der Waals surface area contributed by atoms with Crippen LogP contribution >= 0.6 is 0 Å². The van der Waals surface area contributed by atoms with Gasteiger partial charge in [0.2, 0.25) is 0 Å². The fraction of sp³-hybridized carbons (Fsp3) is 0. The molecule has 10 heteroatoms. The Morgan fingerprint density at radius 1 is 1.00 bits per heavy atom. The molecule has 0 saturated carbocycles. The van der Waals surface area contributed by atoms with Crippen molar-refractivity contribution in [2.75, 3.05) is 0 Å². The molecule has 71 valence electrons. The van der Waals surface area contributed by atoms with E-state index in [2.05, 4.69) is 0 Å². The summed E-state index contributed by atoms with van der Waals surface area (Å²) in [7, 11) is 0. The SMILES string of the molecule is O.O.O.O.O.O=[N+]([O-])O.[Eu]. The first-order valence-electron chi connectivity index (χ1n) is 0.565. The Morgan fingerprint density at radius 2 is 1.00 bits per heavy atom. The molecule has 0 aromatic rings. The molecule has 0 aromatic heterocycles. The standard InChI is InChI=1S/Eu.HNO3.5H2O/c;2-1(3)4;;;;;/h;(H,2,3,4);5*1H2. The van der Waals surface area contributed by atoms with Gasteiger partial charge in [0.1, 0.15) is 0 Å². The van der Waals surface area contributed by atoms with Crippen molar-refractivity contribution in [1.82, 2.24) is 0 Å². The van der Waals surface area contributed by atoms with Crippen LogP contribution in [0.2, 0.25) is 0 Å². The summed E-state index contributed by atoms with van der Waals surface area (Å²) in [6, 6.07) is 0. The van der Waals surface area contributed by atoms with Crippen molar-refractivity contribution in [3.05, 3.63) is 10.1 Å². The van der Waals surface area contributed by atoms with Crippen molar-refractivity contribution in [3.63, 3.8) is 0 Å². The van der Waals surface area contributed by atoms with E-state index in [1.165, 1.54) is 0 Å². The van der Waals surface area contributed by atoms with Gasteiger partial charge < -0.3 is 32.6 Å². The number of nitrogens with zero attached hydrogens (tertiary/aromatic N) is 1. The van der Waals surface area contributed by atoms with Crippen LogP contribution in [0.25, 0.3) is 0 Å². The molecule has 0 unspecified atom stereocenters. The Balaban J connectivity index is -0.00000000300. The van der Waals surface area contributed by atoms with E-state index < -0.39 is 5.09 Å². The smallest absolute Gasteiger partial charge is 0.291 e. The Hall–Kier alpha value is 0.584. The molecular weight excluding hydrogens is 294 g/mol. The second-order valence-corrected chi connectivity index (χ2v) is 0.238. The van der Waals surface area contributed by atoms with Crippen molar-refractivity contribution < 1.29 is 87.1 Å². The Bertz CT molecular complexity index is 32.2. The Morgan fingerprint density at radius 3 is 1.00 bits per heavy atom. The number of hydrogen-bond acceptors (Lipinski definition) is 2. The van der Waals surface area contributed by atoms with Gasteiger partial charge in [-0.15, -0.1) is 10.1 Å². The van der Waals surface area contributed by atoms with E-state index in [4.69, 9.17) is 15.3 Å². The van der Waals surface area contributed by atoms with Crippen molar-refractivity contribution >= 4 is 0 Å². The third-order valence-corrected chi connectivity index (χ3v) is 0. The maximum absolute atomic E-state index is 8.36. The molecule has 0 saturated heterocycles. The van der Waals surface area contributed by atoms with Gasteiger partial charge in [-0.3, -0.25) is 0 Å². The molecule has 0 amide bonds. The molecule has 0 heterocycles. The summed E-state index contributed by atoms with van der Waals surface area (Å²) in [5, 5.41) is 13.6. The van der Waals surface area contributed by atoms with Crippen LogP contribution in [0.4, 0.5) is 0 Å². The van der Waals surface area contributed by atoms with Crippen LogP contribution < -0.4 is 0 Å². The van der Waals surface area contributed by atoms with Gasteiger partial charge in [0, 0.05) is 49.4 Å². The molecule has 0 bridgehead atoms. The van der Waals surface area contributed by atoms with E-state index in [-0.39, 0.29) is 76.8 Å². The van der Waals surface area contributed by atoms with E-state index in [1.54, 1.807) is 0 Å². The molecule has 0 aliphatic rings. The minimum absolute atomic E-state index is 0. The van der Waals surface area contributed by atoms with Crippen molar-refractivity contribution in [3.8, 4) is 0 Å². The predicted octanol–water partition coefficient (Wildman–Crippen LogP) is -4.47. The Labute approximate surface area is 96.2 Å². The zero-order valence-corrected chi connectivity index (χ0v) is 7.01. The zero-order valence-electron chi connectivity index (χ0n) is 4.59. The van der Waals surface area contributed by atoms with Gasteiger partial charge in [0.15, 0.2) is 0 Å². The van der Waals surface area contributed by atoms with Gasteiger partial charge in [-0.05, 0) is 0 Å². The summed E-state index contributed by atoms with van der Waals surface area (Å²) >= 11 is 0. The molecule has 9 nitrogen and oxygen atoms in total. The van der Waals surface area contributed by atoms with Gasteiger partial charge in [-0.2, -0.15) is 0 Å². The number of rotatable bonds is 0. The summed E-state index contributed by atoms with van der Waals surface area (Å²) in [6.45, 7) is 0. The molecule has 0 atom stereocenters. The van der Waals surface area contributed by atoms with Crippen molar-refractivity contribution in [2.24, 2.45) is 0 Å². The molecule has 11 N–H and O–H groups in total. The van der Waals surface area contributed by atoms with Gasteiger partial charge in [0.05, 0.1) is 0 Å². The minimum Gasteiger partial charge on any atom is -0.412 e. The third kappa shape index (κ3) is 1450. The molecule has 0 spiro atoms. The third-order valence-electron chi connectivity index (χ3n) is 0. The summed E-state index contributed by atoms with van der Waals surface area (Å²) < 4.78 is 0. The summed E-state index contributed by atoms with van der Waals surface area (Å²) in [6.07, 6.45) is 0. The first kappa shape index (κ1) is 75.7. The zero-order chi connectivity index (χ0) is 3.58. The second kappa shape index (κ2) is 55.0. The quantitative estimate of drug-likeness (QED) is 0.345. The largest absolute Gasteiger partial charge is 0.412 e. The topological polar surface area (TPSA) is 221 Å². The molecule has 0 rings (SSSR count). The number of hydrogen-bond donors (Lipinski definition) is 1. The normalized spacial score (nSPS) is 2.40. The second-order valence-electron chi connectivity index (χ2n) is 0.238. The van der Waals surface area contributed by atoms with Gasteiger partial charge >= 0.3 is 0 Å². The summed E-state index contributed by atoms with van der Waals surface area (Å²) in [5.41, 5.74) is 0. The van der Waals surface area contributed by atoms with Crippen LogP contribution in [-0.4, -0.2) is 37.7 Å². The van der Waals surface area contributed by atoms with E-state index in [0.29, 0.717) is 0 Å².